The Morgan fingerprint density at radius 1 is 1.17 bits per heavy atom. The quantitative estimate of drug-likeness (QED) is 0.805. The number of likely N-dealkylation sites (tertiary alicyclic amines) is 1. The van der Waals surface area contributed by atoms with Gasteiger partial charge in [0.2, 0.25) is 0 Å². The van der Waals surface area contributed by atoms with Crippen molar-refractivity contribution in [1.82, 2.24) is 19.3 Å². The van der Waals surface area contributed by atoms with Gasteiger partial charge >= 0.3 is 0 Å². The number of fused-ring (bicyclic) bond motifs is 1. The molecule has 1 aliphatic rings. The van der Waals surface area contributed by atoms with E-state index in [4.69, 9.17) is 0 Å². The molecule has 1 amide bonds. The van der Waals surface area contributed by atoms with Gasteiger partial charge in [-0.15, -0.1) is 0 Å². The predicted octanol–water partition coefficient (Wildman–Crippen LogP) is 2.45. The van der Waals surface area contributed by atoms with Crippen LogP contribution in [-0.2, 0) is 0 Å². The molecule has 6 nitrogen and oxygen atoms in total. The van der Waals surface area contributed by atoms with Crippen molar-refractivity contribution in [2.75, 3.05) is 18.4 Å². The first-order valence-electron chi connectivity index (χ1n) is 8.18. The summed E-state index contributed by atoms with van der Waals surface area (Å²) in [6.07, 6.45) is 9.05. The minimum absolute atomic E-state index is 0.0149. The Labute approximate surface area is 140 Å². The molecule has 0 bridgehead atoms. The van der Waals surface area contributed by atoms with Crippen LogP contribution in [-0.4, -0.2) is 44.3 Å². The van der Waals surface area contributed by atoms with Crippen molar-refractivity contribution < 1.29 is 4.79 Å². The molecular formula is C18H19N5O. The van der Waals surface area contributed by atoms with Gasteiger partial charge in [0.25, 0.3) is 5.91 Å². The fourth-order valence-corrected chi connectivity index (χ4v) is 3.13. The summed E-state index contributed by atoms with van der Waals surface area (Å²) in [5, 5.41) is 3.50. The number of nitrogens with zero attached hydrogens (tertiary/aromatic N) is 4. The van der Waals surface area contributed by atoms with E-state index in [1.54, 1.807) is 18.7 Å². The number of amides is 1. The first-order chi connectivity index (χ1) is 11.8. The van der Waals surface area contributed by atoms with Crippen LogP contribution in [0.1, 0.15) is 23.3 Å². The molecule has 0 unspecified atom stereocenters. The second-order valence-corrected chi connectivity index (χ2v) is 6.06. The highest BCUT2D eigenvalue weighted by Gasteiger charge is 2.24. The average Bonchev–Trinajstić information content (AvgIpc) is 3.10. The molecule has 1 N–H and O–H groups in total. The summed E-state index contributed by atoms with van der Waals surface area (Å²) >= 11 is 0. The van der Waals surface area contributed by atoms with Crippen LogP contribution in [0.4, 0.5) is 5.69 Å². The van der Waals surface area contributed by atoms with Crippen molar-refractivity contribution in [2.24, 2.45) is 0 Å². The molecule has 0 saturated carbocycles. The summed E-state index contributed by atoms with van der Waals surface area (Å²) in [7, 11) is 0. The van der Waals surface area contributed by atoms with Gasteiger partial charge < -0.3 is 14.6 Å². The predicted molar refractivity (Wildman–Crippen MR) is 92.0 cm³/mol. The number of carbonyl (C=O) groups excluding carboxylic acids is 1. The molecule has 24 heavy (non-hydrogen) atoms. The van der Waals surface area contributed by atoms with Gasteiger partial charge in [0, 0.05) is 48.9 Å². The Morgan fingerprint density at radius 2 is 1.96 bits per heavy atom. The van der Waals surface area contributed by atoms with E-state index in [0.717, 1.165) is 37.1 Å². The van der Waals surface area contributed by atoms with E-state index in [0.29, 0.717) is 11.7 Å². The summed E-state index contributed by atoms with van der Waals surface area (Å²) in [6.45, 7) is 1.49. The molecule has 1 fully saturated rings. The zero-order chi connectivity index (χ0) is 16.4. The number of anilines is 1. The maximum Gasteiger partial charge on any atom is 0.272 e. The zero-order valence-electron chi connectivity index (χ0n) is 13.3. The molecule has 0 atom stereocenters. The number of aromatic nitrogens is 3. The number of hydrogen-bond donors (Lipinski definition) is 1. The molecule has 6 heteroatoms. The largest absolute Gasteiger partial charge is 0.382 e. The molecule has 3 aromatic heterocycles. The van der Waals surface area contributed by atoms with Gasteiger partial charge in [-0.1, -0.05) is 0 Å². The molecule has 1 saturated heterocycles. The third-order valence-corrected chi connectivity index (χ3v) is 4.47. The number of pyridine rings is 1. The van der Waals surface area contributed by atoms with Crippen LogP contribution >= 0.6 is 0 Å². The second-order valence-electron chi connectivity index (χ2n) is 6.06. The van der Waals surface area contributed by atoms with Gasteiger partial charge in [-0.05, 0) is 43.2 Å². The van der Waals surface area contributed by atoms with Gasteiger partial charge in [-0.25, -0.2) is 4.98 Å². The van der Waals surface area contributed by atoms with Crippen LogP contribution in [0.3, 0.4) is 0 Å². The van der Waals surface area contributed by atoms with E-state index in [9.17, 15) is 4.79 Å². The van der Waals surface area contributed by atoms with Gasteiger partial charge in [0.05, 0.1) is 6.33 Å². The Kier molecular flexibility index (Phi) is 3.86. The lowest BCUT2D eigenvalue weighted by atomic mass is 10.0. The lowest BCUT2D eigenvalue weighted by Gasteiger charge is -2.32. The van der Waals surface area contributed by atoms with Crippen LogP contribution in [0, 0.1) is 0 Å². The standard InChI is InChI=1S/C18H19N5O/c24-18(17-12-16-2-1-9-23(16)13-20-17)22-10-5-15(6-11-22)21-14-3-7-19-8-4-14/h1-4,7-9,12-13,15H,5-6,10-11H2,(H,19,21). The van der Waals surface area contributed by atoms with Crippen LogP contribution in [0.15, 0.2) is 55.2 Å². The molecule has 0 radical (unpaired) electrons. The molecule has 0 aromatic carbocycles. The van der Waals surface area contributed by atoms with Crippen LogP contribution in [0.2, 0.25) is 0 Å². The number of hydrogen-bond acceptors (Lipinski definition) is 4. The fourth-order valence-electron chi connectivity index (χ4n) is 3.13. The van der Waals surface area contributed by atoms with E-state index >= 15 is 0 Å². The molecule has 3 aromatic rings. The summed E-state index contributed by atoms with van der Waals surface area (Å²) in [6, 6.07) is 10.1. The Hall–Kier alpha value is -2.89. The molecule has 1 aliphatic heterocycles. The van der Waals surface area contributed by atoms with Crippen LogP contribution in [0.25, 0.3) is 5.52 Å². The average molecular weight is 321 g/mol. The summed E-state index contributed by atoms with van der Waals surface area (Å²) in [5.41, 5.74) is 2.58. The normalized spacial score (nSPS) is 15.6. The second kappa shape index (κ2) is 6.31. The minimum atomic E-state index is 0.0149. The highest BCUT2D eigenvalue weighted by Crippen LogP contribution is 2.18. The minimum Gasteiger partial charge on any atom is -0.382 e. The molecule has 4 rings (SSSR count). The highest BCUT2D eigenvalue weighted by atomic mass is 16.2. The summed E-state index contributed by atoms with van der Waals surface area (Å²) in [5.74, 6) is 0.0149. The zero-order valence-corrected chi connectivity index (χ0v) is 13.3. The van der Waals surface area contributed by atoms with Crippen LogP contribution in [0.5, 0.6) is 0 Å². The number of nitrogens with one attached hydrogen (secondary N) is 1. The van der Waals surface area contributed by atoms with Crippen molar-refractivity contribution in [3.05, 3.63) is 60.9 Å². The molecule has 0 spiro atoms. The van der Waals surface area contributed by atoms with Gasteiger partial charge in [0.15, 0.2) is 0 Å². The third-order valence-electron chi connectivity index (χ3n) is 4.47. The Balaban J connectivity index is 1.39. The maximum atomic E-state index is 12.7. The molecule has 0 aliphatic carbocycles. The highest BCUT2D eigenvalue weighted by molar-refractivity contribution is 5.93. The van der Waals surface area contributed by atoms with Crippen molar-refractivity contribution in [3.8, 4) is 0 Å². The lowest BCUT2D eigenvalue weighted by Crippen LogP contribution is -2.42. The fraction of sp³-hybridized carbons (Fsp3) is 0.278. The maximum absolute atomic E-state index is 12.7. The molecule has 122 valence electrons. The Bertz CT molecular complexity index is 837. The smallest absolute Gasteiger partial charge is 0.272 e. The first kappa shape index (κ1) is 14.7. The van der Waals surface area contributed by atoms with Gasteiger partial charge in [-0.2, -0.15) is 0 Å². The van der Waals surface area contributed by atoms with E-state index < -0.39 is 0 Å². The van der Waals surface area contributed by atoms with Crippen molar-refractivity contribution in [3.63, 3.8) is 0 Å². The SMILES string of the molecule is O=C(c1cc2cccn2cn1)N1CCC(Nc2ccncc2)CC1. The number of rotatable bonds is 3. The van der Waals surface area contributed by atoms with E-state index in [1.165, 1.54) is 0 Å². The van der Waals surface area contributed by atoms with Crippen molar-refractivity contribution in [1.29, 1.82) is 0 Å². The molecular weight excluding hydrogens is 302 g/mol. The monoisotopic (exact) mass is 321 g/mol. The Morgan fingerprint density at radius 3 is 2.75 bits per heavy atom. The third kappa shape index (κ3) is 2.95. The topological polar surface area (TPSA) is 62.5 Å². The van der Waals surface area contributed by atoms with Crippen molar-refractivity contribution >= 4 is 17.1 Å². The van der Waals surface area contributed by atoms with Crippen LogP contribution < -0.4 is 5.32 Å². The lowest BCUT2D eigenvalue weighted by molar-refractivity contribution is 0.0712. The van der Waals surface area contributed by atoms with E-state index in [-0.39, 0.29) is 5.91 Å². The van der Waals surface area contributed by atoms with Gasteiger partial charge in [0.1, 0.15) is 5.69 Å². The van der Waals surface area contributed by atoms with Gasteiger partial charge in [-0.3, -0.25) is 9.78 Å². The molecule has 4 heterocycles. The first-order valence-corrected chi connectivity index (χ1v) is 8.18. The van der Waals surface area contributed by atoms with Crippen molar-refractivity contribution in [2.45, 2.75) is 18.9 Å². The summed E-state index contributed by atoms with van der Waals surface area (Å²) in [4.78, 5) is 22.9. The summed E-state index contributed by atoms with van der Waals surface area (Å²) < 4.78 is 1.90. The van der Waals surface area contributed by atoms with E-state index in [2.05, 4.69) is 15.3 Å². The number of piperidine rings is 1. The van der Waals surface area contributed by atoms with E-state index in [1.807, 2.05) is 45.8 Å². The number of carbonyl (C=O) groups is 1.